The number of hydrogen-bond acceptors (Lipinski definition) is 3. The van der Waals surface area contributed by atoms with E-state index in [1.807, 2.05) is 6.92 Å². The zero-order valence-corrected chi connectivity index (χ0v) is 17.2. The molecule has 4 atom stereocenters. The van der Waals surface area contributed by atoms with Gasteiger partial charge in [-0.15, -0.1) is 0 Å². The Kier molecular flexibility index (Phi) is 5.75. The fourth-order valence-corrected chi connectivity index (χ4v) is 9.45. The number of rotatable bonds is 3. The average Bonchev–Trinajstić information content (AvgIpc) is 2.34. The van der Waals surface area contributed by atoms with E-state index in [4.69, 9.17) is 8.85 Å². The van der Waals surface area contributed by atoms with Crippen LogP contribution in [0.4, 0.5) is 0 Å². The second-order valence-electron chi connectivity index (χ2n) is 9.38. The monoisotopic (exact) mass is 328 g/mol. The van der Waals surface area contributed by atoms with Crippen molar-refractivity contribution in [1.82, 2.24) is 0 Å². The Balaban J connectivity index is 3.42. The Bertz CT molecular complexity index is 378. The molecule has 130 valence electrons. The van der Waals surface area contributed by atoms with E-state index in [-0.39, 0.29) is 34.1 Å². The molecule has 1 aliphatic heterocycles. The van der Waals surface area contributed by atoms with E-state index in [2.05, 4.69) is 62.3 Å². The maximum Gasteiger partial charge on any atom is 0.349 e. The standard InChI is InChI=1S/C18H36O3Si/c1-12(2)15-14(4)16(13(3)11-19)21-22(20-15,17(5,6)7)18(8,9)10/h11-16H,1-10H3/t13-,14+,15+,16-/m1/s1. The zero-order chi connectivity index (χ0) is 17.5. The molecular weight excluding hydrogens is 292 g/mol. The van der Waals surface area contributed by atoms with Gasteiger partial charge in [-0.3, -0.25) is 0 Å². The first-order chi connectivity index (χ1) is 9.78. The van der Waals surface area contributed by atoms with Crippen LogP contribution in [-0.4, -0.2) is 27.1 Å². The van der Waals surface area contributed by atoms with Crippen LogP contribution in [0.2, 0.25) is 10.1 Å². The van der Waals surface area contributed by atoms with E-state index in [0.717, 1.165) is 6.29 Å². The first-order valence-corrected chi connectivity index (χ1v) is 10.4. The first kappa shape index (κ1) is 19.9. The number of carbonyl (C=O) groups excluding carboxylic acids is 1. The highest BCUT2D eigenvalue weighted by atomic mass is 28.4. The molecule has 0 aromatic rings. The molecule has 22 heavy (non-hydrogen) atoms. The highest BCUT2D eigenvalue weighted by molar-refractivity contribution is 6.73. The Labute approximate surface area is 138 Å². The molecule has 1 saturated heterocycles. The number of carbonyl (C=O) groups is 1. The van der Waals surface area contributed by atoms with Crippen molar-refractivity contribution in [2.24, 2.45) is 17.8 Å². The summed E-state index contributed by atoms with van der Waals surface area (Å²) in [5.74, 6) is 0.541. The lowest BCUT2D eigenvalue weighted by molar-refractivity contribution is -0.125. The zero-order valence-electron chi connectivity index (χ0n) is 16.2. The lowest BCUT2D eigenvalue weighted by atomic mass is 9.85. The van der Waals surface area contributed by atoms with Crippen LogP contribution in [0.25, 0.3) is 0 Å². The van der Waals surface area contributed by atoms with Crippen molar-refractivity contribution in [3.8, 4) is 0 Å². The summed E-state index contributed by atoms with van der Waals surface area (Å²) in [7, 11) is -2.55. The van der Waals surface area contributed by atoms with E-state index in [1.54, 1.807) is 0 Å². The molecule has 0 N–H and O–H groups in total. The Morgan fingerprint density at radius 2 is 1.32 bits per heavy atom. The molecule has 0 aromatic carbocycles. The van der Waals surface area contributed by atoms with E-state index in [9.17, 15) is 4.79 Å². The average molecular weight is 329 g/mol. The highest BCUT2D eigenvalue weighted by Gasteiger charge is 2.63. The van der Waals surface area contributed by atoms with Crippen molar-refractivity contribution in [2.75, 3.05) is 0 Å². The third-order valence-corrected chi connectivity index (χ3v) is 10.2. The fraction of sp³-hybridized carbons (Fsp3) is 0.944. The summed E-state index contributed by atoms with van der Waals surface area (Å²) in [5, 5.41) is -0.112. The van der Waals surface area contributed by atoms with Crippen LogP contribution in [0.3, 0.4) is 0 Å². The van der Waals surface area contributed by atoms with Gasteiger partial charge >= 0.3 is 8.56 Å². The van der Waals surface area contributed by atoms with Crippen molar-refractivity contribution in [1.29, 1.82) is 0 Å². The van der Waals surface area contributed by atoms with Crippen LogP contribution < -0.4 is 0 Å². The van der Waals surface area contributed by atoms with Gasteiger partial charge in [0.1, 0.15) is 6.29 Å². The summed E-state index contributed by atoms with van der Waals surface area (Å²) in [5.41, 5.74) is 0. The van der Waals surface area contributed by atoms with Crippen molar-refractivity contribution >= 4 is 14.8 Å². The van der Waals surface area contributed by atoms with Gasteiger partial charge in [0.25, 0.3) is 0 Å². The quantitative estimate of drug-likeness (QED) is 0.544. The maximum atomic E-state index is 11.4. The normalized spacial score (nSPS) is 31.1. The van der Waals surface area contributed by atoms with Gasteiger partial charge in [0.15, 0.2) is 0 Å². The van der Waals surface area contributed by atoms with Crippen molar-refractivity contribution < 1.29 is 13.6 Å². The van der Waals surface area contributed by atoms with Crippen LogP contribution in [0.5, 0.6) is 0 Å². The molecular formula is C18H36O3Si. The maximum absolute atomic E-state index is 11.4. The van der Waals surface area contributed by atoms with Crippen LogP contribution in [0.1, 0.15) is 69.2 Å². The second kappa shape index (κ2) is 6.37. The molecule has 0 aliphatic carbocycles. The number of aldehydes is 1. The minimum absolute atomic E-state index is 0.0521. The third kappa shape index (κ3) is 3.34. The van der Waals surface area contributed by atoms with Gasteiger partial charge in [-0.25, -0.2) is 0 Å². The summed E-state index contributed by atoms with van der Waals surface area (Å²) in [4.78, 5) is 11.4. The molecule has 0 bridgehead atoms. The lowest BCUT2D eigenvalue weighted by Crippen LogP contribution is -2.67. The van der Waals surface area contributed by atoms with Crippen molar-refractivity contribution in [3.05, 3.63) is 0 Å². The van der Waals surface area contributed by atoms with E-state index < -0.39 is 8.56 Å². The smallest absolute Gasteiger partial charge is 0.349 e. The minimum Gasteiger partial charge on any atom is -0.390 e. The van der Waals surface area contributed by atoms with Gasteiger partial charge in [0.05, 0.1) is 12.2 Å². The summed E-state index contributed by atoms with van der Waals surface area (Å²) in [6.07, 6.45) is 1.13. The third-order valence-electron chi connectivity index (χ3n) is 5.01. The summed E-state index contributed by atoms with van der Waals surface area (Å²) in [6, 6.07) is 0. The van der Waals surface area contributed by atoms with E-state index in [0.29, 0.717) is 5.92 Å². The molecule has 0 amide bonds. The molecule has 0 unspecified atom stereocenters. The molecule has 0 spiro atoms. The molecule has 1 aliphatic rings. The summed E-state index contributed by atoms with van der Waals surface area (Å²) >= 11 is 0. The molecule has 1 heterocycles. The largest absolute Gasteiger partial charge is 0.390 e. The molecule has 0 radical (unpaired) electrons. The van der Waals surface area contributed by atoms with Crippen LogP contribution in [-0.2, 0) is 13.6 Å². The van der Waals surface area contributed by atoms with Gasteiger partial charge in [0.2, 0.25) is 0 Å². The van der Waals surface area contributed by atoms with E-state index >= 15 is 0 Å². The van der Waals surface area contributed by atoms with Crippen molar-refractivity contribution in [3.63, 3.8) is 0 Å². The predicted octanol–water partition coefficient (Wildman–Crippen LogP) is 4.94. The Morgan fingerprint density at radius 1 is 0.909 bits per heavy atom. The van der Waals surface area contributed by atoms with E-state index in [1.165, 1.54) is 0 Å². The molecule has 4 heteroatoms. The topological polar surface area (TPSA) is 35.5 Å². The van der Waals surface area contributed by atoms with Gasteiger partial charge < -0.3 is 13.6 Å². The van der Waals surface area contributed by atoms with Crippen LogP contribution >= 0.6 is 0 Å². The van der Waals surface area contributed by atoms with Crippen LogP contribution in [0, 0.1) is 17.8 Å². The molecule has 1 fully saturated rings. The molecule has 1 rings (SSSR count). The van der Waals surface area contributed by atoms with Crippen molar-refractivity contribution in [2.45, 2.75) is 91.5 Å². The highest BCUT2D eigenvalue weighted by Crippen LogP contribution is 2.56. The fourth-order valence-electron chi connectivity index (χ4n) is 4.05. The van der Waals surface area contributed by atoms with Gasteiger partial charge in [-0.05, 0) is 5.92 Å². The second-order valence-corrected chi connectivity index (χ2v) is 14.1. The molecule has 0 saturated carbocycles. The Hall–Kier alpha value is -0.193. The first-order valence-electron chi connectivity index (χ1n) is 8.59. The molecule has 0 aromatic heterocycles. The predicted molar refractivity (Wildman–Crippen MR) is 94.2 cm³/mol. The Morgan fingerprint density at radius 3 is 1.64 bits per heavy atom. The van der Waals surface area contributed by atoms with Gasteiger partial charge in [-0.2, -0.15) is 0 Å². The van der Waals surface area contributed by atoms with Gasteiger partial charge in [-0.1, -0.05) is 69.2 Å². The lowest BCUT2D eigenvalue weighted by Gasteiger charge is -2.58. The summed E-state index contributed by atoms with van der Waals surface area (Å²) in [6.45, 7) is 21.9. The van der Waals surface area contributed by atoms with Crippen LogP contribution in [0.15, 0.2) is 0 Å². The molecule has 3 nitrogen and oxygen atoms in total. The SMILES string of the molecule is CC(C)[C@@H]1O[Si](C(C)(C)C)(C(C)(C)C)O[C@H]([C@H](C)C=O)[C@H]1C. The number of hydrogen-bond donors (Lipinski definition) is 0. The summed E-state index contributed by atoms with van der Waals surface area (Å²) < 4.78 is 13.5. The minimum atomic E-state index is -2.55. The van der Waals surface area contributed by atoms with Gasteiger partial charge in [0, 0.05) is 21.9 Å².